The maximum absolute atomic E-state index is 13.3. The summed E-state index contributed by atoms with van der Waals surface area (Å²) in [6.07, 6.45) is 4.08. The molecule has 5 heteroatoms. The van der Waals surface area contributed by atoms with E-state index in [0.717, 1.165) is 31.2 Å². The number of nitrogens with zero attached hydrogens (tertiary/aromatic N) is 1. The molecule has 2 fully saturated rings. The van der Waals surface area contributed by atoms with Crippen molar-refractivity contribution in [1.29, 1.82) is 0 Å². The second-order valence-corrected chi connectivity index (χ2v) is 7.21. The third-order valence-corrected chi connectivity index (χ3v) is 5.83. The summed E-state index contributed by atoms with van der Waals surface area (Å²) >= 11 is 5.97. The summed E-state index contributed by atoms with van der Waals surface area (Å²) in [4.78, 5) is 26.5. The summed E-state index contributed by atoms with van der Waals surface area (Å²) in [5.74, 6) is -1.18. The van der Waals surface area contributed by atoms with E-state index in [2.05, 4.69) is 0 Å². The standard InChI is InChI=1S/C18H22ClNO3/c1-12-15(16(21)22)4-2-11-20(12)17(23)18(9-3-10-18)13-5-7-14(19)8-6-13/h5-8,12,15H,2-4,9-11H2,1H3,(H,21,22)/t12-,15-/m0/s1. The third kappa shape index (κ3) is 2.74. The Hall–Kier alpha value is -1.55. The van der Waals surface area contributed by atoms with Gasteiger partial charge < -0.3 is 10.0 Å². The minimum Gasteiger partial charge on any atom is -0.481 e. The van der Waals surface area contributed by atoms with Crippen molar-refractivity contribution in [3.8, 4) is 0 Å². The van der Waals surface area contributed by atoms with Gasteiger partial charge >= 0.3 is 5.97 Å². The number of hydrogen-bond acceptors (Lipinski definition) is 2. The number of carboxylic acids is 1. The first kappa shape index (κ1) is 16.3. The van der Waals surface area contributed by atoms with Gasteiger partial charge in [-0.25, -0.2) is 0 Å². The largest absolute Gasteiger partial charge is 0.481 e. The molecule has 1 aromatic rings. The lowest BCUT2D eigenvalue weighted by atomic mass is 9.63. The molecule has 1 N–H and O–H groups in total. The van der Waals surface area contributed by atoms with Gasteiger partial charge in [-0.15, -0.1) is 0 Å². The highest BCUT2D eigenvalue weighted by Gasteiger charge is 2.50. The summed E-state index contributed by atoms with van der Waals surface area (Å²) in [5.41, 5.74) is 0.516. The second kappa shape index (κ2) is 6.16. The zero-order valence-electron chi connectivity index (χ0n) is 13.3. The Morgan fingerprint density at radius 1 is 1.22 bits per heavy atom. The Bertz CT molecular complexity index is 609. The van der Waals surface area contributed by atoms with Gasteiger partial charge in [0.1, 0.15) is 0 Å². The predicted molar refractivity (Wildman–Crippen MR) is 88.5 cm³/mol. The highest BCUT2D eigenvalue weighted by molar-refractivity contribution is 6.30. The molecule has 0 unspecified atom stereocenters. The van der Waals surface area contributed by atoms with E-state index < -0.39 is 17.3 Å². The van der Waals surface area contributed by atoms with Crippen LogP contribution in [0, 0.1) is 5.92 Å². The first-order valence-electron chi connectivity index (χ1n) is 8.25. The number of carboxylic acid groups (broad SMARTS) is 1. The van der Waals surface area contributed by atoms with Crippen molar-refractivity contribution in [1.82, 2.24) is 4.90 Å². The van der Waals surface area contributed by atoms with Crippen LogP contribution in [0.2, 0.25) is 5.02 Å². The lowest BCUT2D eigenvalue weighted by molar-refractivity contribution is -0.153. The maximum atomic E-state index is 13.3. The molecular weight excluding hydrogens is 314 g/mol. The van der Waals surface area contributed by atoms with Crippen LogP contribution in [-0.2, 0) is 15.0 Å². The zero-order chi connectivity index (χ0) is 16.6. The summed E-state index contributed by atoms with van der Waals surface area (Å²) < 4.78 is 0. The summed E-state index contributed by atoms with van der Waals surface area (Å²) in [5, 5.41) is 10.0. The number of carbonyl (C=O) groups is 2. The molecule has 0 aromatic heterocycles. The number of likely N-dealkylation sites (tertiary alicyclic amines) is 1. The predicted octanol–water partition coefficient (Wildman–Crippen LogP) is 3.47. The molecule has 1 heterocycles. The Kier molecular flexibility index (Phi) is 4.37. The molecule has 1 saturated carbocycles. The zero-order valence-corrected chi connectivity index (χ0v) is 14.1. The van der Waals surface area contributed by atoms with E-state index >= 15 is 0 Å². The molecule has 4 nitrogen and oxygen atoms in total. The van der Waals surface area contributed by atoms with Gasteiger partial charge in [0.15, 0.2) is 0 Å². The monoisotopic (exact) mass is 335 g/mol. The van der Waals surface area contributed by atoms with Crippen LogP contribution >= 0.6 is 11.6 Å². The normalized spacial score (nSPS) is 26.4. The van der Waals surface area contributed by atoms with Crippen LogP contribution in [0.25, 0.3) is 0 Å². The first-order chi connectivity index (χ1) is 11.0. The number of halogens is 1. The number of benzene rings is 1. The van der Waals surface area contributed by atoms with E-state index in [0.29, 0.717) is 18.0 Å². The van der Waals surface area contributed by atoms with Gasteiger partial charge in [0.05, 0.1) is 11.3 Å². The average molecular weight is 336 g/mol. The van der Waals surface area contributed by atoms with Crippen molar-refractivity contribution >= 4 is 23.5 Å². The van der Waals surface area contributed by atoms with E-state index in [9.17, 15) is 14.7 Å². The van der Waals surface area contributed by atoms with Crippen molar-refractivity contribution in [2.75, 3.05) is 6.54 Å². The average Bonchev–Trinajstić information content (AvgIpc) is 2.47. The van der Waals surface area contributed by atoms with Crippen LogP contribution < -0.4 is 0 Å². The van der Waals surface area contributed by atoms with E-state index in [1.165, 1.54) is 0 Å². The SMILES string of the molecule is C[C@H]1[C@@H](C(=O)O)CCCN1C(=O)C1(c2ccc(Cl)cc2)CCC1. The van der Waals surface area contributed by atoms with Crippen molar-refractivity contribution in [3.63, 3.8) is 0 Å². The lowest BCUT2D eigenvalue weighted by Crippen LogP contribution is -2.57. The van der Waals surface area contributed by atoms with Crippen LogP contribution in [-0.4, -0.2) is 34.5 Å². The smallest absolute Gasteiger partial charge is 0.308 e. The maximum Gasteiger partial charge on any atom is 0.308 e. The molecule has 1 aliphatic heterocycles. The topological polar surface area (TPSA) is 57.6 Å². The van der Waals surface area contributed by atoms with Crippen molar-refractivity contribution < 1.29 is 14.7 Å². The molecule has 1 saturated heterocycles. The molecule has 0 radical (unpaired) electrons. The van der Waals surface area contributed by atoms with Gasteiger partial charge in [-0.05, 0) is 50.3 Å². The summed E-state index contributed by atoms with van der Waals surface area (Å²) in [6, 6.07) is 7.26. The Morgan fingerprint density at radius 3 is 2.39 bits per heavy atom. The van der Waals surface area contributed by atoms with Crippen LogP contribution in [0.4, 0.5) is 0 Å². The van der Waals surface area contributed by atoms with Crippen LogP contribution in [0.1, 0.15) is 44.6 Å². The molecule has 2 aliphatic rings. The van der Waals surface area contributed by atoms with Crippen molar-refractivity contribution in [3.05, 3.63) is 34.9 Å². The minimum absolute atomic E-state index is 0.0875. The second-order valence-electron chi connectivity index (χ2n) is 6.77. The molecule has 124 valence electrons. The Labute approximate surface area is 141 Å². The fraction of sp³-hybridized carbons (Fsp3) is 0.556. The summed E-state index contributed by atoms with van der Waals surface area (Å²) in [7, 11) is 0. The lowest BCUT2D eigenvalue weighted by Gasteiger charge is -2.48. The van der Waals surface area contributed by atoms with Gasteiger partial charge in [0, 0.05) is 17.6 Å². The van der Waals surface area contributed by atoms with Gasteiger partial charge in [-0.2, -0.15) is 0 Å². The Balaban J connectivity index is 1.88. The van der Waals surface area contributed by atoms with Gasteiger partial charge in [-0.1, -0.05) is 30.2 Å². The van der Waals surface area contributed by atoms with E-state index in [1.807, 2.05) is 31.2 Å². The van der Waals surface area contributed by atoms with E-state index in [4.69, 9.17) is 11.6 Å². The molecule has 1 aliphatic carbocycles. The van der Waals surface area contributed by atoms with Crippen LogP contribution in [0.15, 0.2) is 24.3 Å². The number of hydrogen-bond donors (Lipinski definition) is 1. The fourth-order valence-electron chi connectivity index (χ4n) is 3.96. The Morgan fingerprint density at radius 2 is 1.87 bits per heavy atom. The van der Waals surface area contributed by atoms with E-state index in [1.54, 1.807) is 4.90 Å². The molecule has 1 amide bonds. The first-order valence-corrected chi connectivity index (χ1v) is 8.63. The van der Waals surface area contributed by atoms with Crippen LogP contribution in [0.5, 0.6) is 0 Å². The van der Waals surface area contributed by atoms with Gasteiger partial charge in [0.2, 0.25) is 5.91 Å². The molecule has 3 rings (SSSR count). The highest BCUT2D eigenvalue weighted by atomic mass is 35.5. The van der Waals surface area contributed by atoms with E-state index in [-0.39, 0.29) is 11.9 Å². The third-order valence-electron chi connectivity index (χ3n) is 5.58. The molecular formula is C18H22ClNO3. The number of rotatable bonds is 3. The molecule has 23 heavy (non-hydrogen) atoms. The molecule has 2 atom stereocenters. The molecule has 0 spiro atoms. The quantitative estimate of drug-likeness (QED) is 0.920. The number of piperidine rings is 1. The minimum atomic E-state index is -0.802. The number of carbonyl (C=O) groups excluding carboxylic acids is 1. The van der Waals surface area contributed by atoms with Crippen LogP contribution in [0.3, 0.4) is 0 Å². The van der Waals surface area contributed by atoms with Gasteiger partial charge in [-0.3, -0.25) is 9.59 Å². The highest BCUT2D eigenvalue weighted by Crippen LogP contribution is 2.46. The number of amides is 1. The fourth-order valence-corrected chi connectivity index (χ4v) is 4.09. The molecule has 1 aromatic carbocycles. The number of aliphatic carboxylic acids is 1. The van der Waals surface area contributed by atoms with Crippen molar-refractivity contribution in [2.45, 2.75) is 50.5 Å². The summed E-state index contributed by atoms with van der Waals surface area (Å²) in [6.45, 7) is 2.52. The van der Waals surface area contributed by atoms with Crippen molar-refractivity contribution in [2.24, 2.45) is 5.92 Å². The van der Waals surface area contributed by atoms with Gasteiger partial charge in [0.25, 0.3) is 0 Å². The molecule has 0 bridgehead atoms.